The Morgan fingerprint density at radius 1 is 1.19 bits per heavy atom. The molecular weight excluding hydrogens is 350 g/mol. The van der Waals surface area contributed by atoms with Gasteiger partial charge in [0, 0.05) is 12.1 Å². The number of nitrogens with one attached hydrogen (secondary N) is 3. The molecule has 0 unspecified atom stereocenters. The first-order chi connectivity index (χ1) is 12.5. The van der Waals surface area contributed by atoms with Crippen molar-refractivity contribution in [1.82, 2.24) is 16.2 Å². The van der Waals surface area contributed by atoms with Crippen molar-refractivity contribution < 1.29 is 14.3 Å². The van der Waals surface area contributed by atoms with Crippen molar-refractivity contribution in [3.63, 3.8) is 0 Å². The number of hydrogen-bond donors (Lipinski definition) is 3. The van der Waals surface area contributed by atoms with Crippen LogP contribution < -0.4 is 25.6 Å². The van der Waals surface area contributed by atoms with Gasteiger partial charge in [0.15, 0.2) is 16.6 Å². The molecule has 1 saturated carbocycles. The Kier molecular flexibility index (Phi) is 5.98. The number of thiocarbonyl (C=S) groups is 1. The molecule has 6 nitrogen and oxygen atoms in total. The van der Waals surface area contributed by atoms with Crippen molar-refractivity contribution >= 4 is 29.3 Å². The van der Waals surface area contributed by atoms with Crippen molar-refractivity contribution in [2.45, 2.75) is 39.2 Å². The fourth-order valence-corrected chi connectivity index (χ4v) is 3.54. The number of carbonyl (C=O) groups excluding carboxylic acids is 1. The highest BCUT2D eigenvalue weighted by atomic mass is 32.1. The zero-order valence-corrected chi connectivity index (χ0v) is 15.9. The highest BCUT2D eigenvalue weighted by molar-refractivity contribution is 7.80. The number of hydrazine groups is 1. The van der Waals surface area contributed by atoms with Gasteiger partial charge >= 0.3 is 0 Å². The standard InChI is InChI=1S/C19H25N3O3S/c1-12-4-3-5-15(13(12)2)20-19(26)22-21-18(23)9-7-14-6-8-16-17(10-14)25-11-24-16/h6-10,12-13,15H,3-5,11H2,1-2H3,(H,21,23)(H2,20,22,26)/b9-7+/t12-,13+,15-/m0/s1. The van der Waals surface area contributed by atoms with Gasteiger partial charge < -0.3 is 14.8 Å². The Hall–Kier alpha value is -2.28. The highest BCUT2D eigenvalue weighted by Crippen LogP contribution is 2.32. The fourth-order valence-electron chi connectivity index (χ4n) is 3.34. The minimum atomic E-state index is -0.281. The van der Waals surface area contributed by atoms with Gasteiger partial charge in [-0.3, -0.25) is 15.6 Å². The second-order valence-corrected chi connectivity index (χ2v) is 7.32. The molecular formula is C19H25N3O3S. The average Bonchev–Trinajstić information content (AvgIpc) is 3.10. The van der Waals surface area contributed by atoms with Crippen molar-refractivity contribution in [2.75, 3.05) is 6.79 Å². The van der Waals surface area contributed by atoms with Crippen LogP contribution in [-0.2, 0) is 4.79 Å². The predicted molar refractivity (Wildman–Crippen MR) is 105 cm³/mol. The summed E-state index contributed by atoms with van der Waals surface area (Å²) in [5.41, 5.74) is 6.21. The second-order valence-electron chi connectivity index (χ2n) is 6.91. The van der Waals surface area contributed by atoms with Crippen LogP contribution in [-0.4, -0.2) is 23.9 Å². The molecule has 0 spiro atoms. The highest BCUT2D eigenvalue weighted by Gasteiger charge is 2.27. The molecule has 2 aliphatic rings. The van der Waals surface area contributed by atoms with Gasteiger partial charge in [-0.2, -0.15) is 0 Å². The maximum Gasteiger partial charge on any atom is 0.262 e. The molecule has 1 aromatic carbocycles. The Labute approximate surface area is 159 Å². The molecule has 1 aliphatic heterocycles. The SMILES string of the molecule is C[C@H]1[C@@H](NC(=S)NNC(=O)/C=C/c2ccc3c(c2)OCO3)CCC[C@@H]1C. The van der Waals surface area contributed by atoms with Crippen LogP contribution in [0.2, 0.25) is 0 Å². The van der Waals surface area contributed by atoms with E-state index in [9.17, 15) is 4.79 Å². The summed E-state index contributed by atoms with van der Waals surface area (Å²) in [5.74, 6) is 2.37. The summed E-state index contributed by atoms with van der Waals surface area (Å²) in [4.78, 5) is 12.0. The first kappa shape index (κ1) is 18.5. The van der Waals surface area contributed by atoms with Crippen LogP contribution in [0.1, 0.15) is 38.7 Å². The van der Waals surface area contributed by atoms with E-state index in [0.717, 1.165) is 17.7 Å². The van der Waals surface area contributed by atoms with E-state index in [4.69, 9.17) is 21.7 Å². The largest absolute Gasteiger partial charge is 0.454 e. The van der Waals surface area contributed by atoms with Crippen molar-refractivity contribution in [3.8, 4) is 11.5 Å². The predicted octanol–water partition coefficient (Wildman–Crippen LogP) is 2.75. The van der Waals surface area contributed by atoms with E-state index in [0.29, 0.717) is 28.7 Å². The topological polar surface area (TPSA) is 71.6 Å². The summed E-state index contributed by atoms with van der Waals surface area (Å²) in [5, 5.41) is 3.75. The van der Waals surface area contributed by atoms with Crippen LogP contribution in [0.4, 0.5) is 0 Å². The molecule has 1 aromatic rings. The number of ether oxygens (including phenoxy) is 2. The summed E-state index contributed by atoms with van der Waals surface area (Å²) >= 11 is 5.29. The van der Waals surface area contributed by atoms with E-state index < -0.39 is 0 Å². The van der Waals surface area contributed by atoms with Crippen molar-refractivity contribution in [1.29, 1.82) is 0 Å². The normalized spacial score (nSPS) is 24.3. The smallest absolute Gasteiger partial charge is 0.262 e. The van der Waals surface area contributed by atoms with Gasteiger partial charge in [0.2, 0.25) is 6.79 Å². The molecule has 0 radical (unpaired) electrons. The Balaban J connectivity index is 1.44. The summed E-state index contributed by atoms with van der Waals surface area (Å²) in [6.07, 6.45) is 6.72. The first-order valence-electron chi connectivity index (χ1n) is 8.97. The lowest BCUT2D eigenvalue weighted by atomic mass is 9.78. The maximum absolute atomic E-state index is 12.0. The van der Waals surface area contributed by atoms with Crippen LogP contribution in [0.25, 0.3) is 6.08 Å². The Bertz CT molecular complexity index is 707. The lowest BCUT2D eigenvalue weighted by Crippen LogP contribution is -2.52. The van der Waals surface area contributed by atoms with Gasteiger partial charge in [-0.15, -0.1) is 0 Å². The van der Waals surface area contributed by atoms with E-state index in [1.54, 1.807) is 6.08 Å². The van der Waals surface area contributed by atoms with E-state index in [1.807, 2.05) is 18.2 Å². The van der Waals surface area contributed by atoms with Gasteiger partial charge in [-0.05, 0) is 54.2 Å². The Morgan fingerprint density at radius 3 is 2.85 bits per heavy atom. The maximum atomic E-state index is 12.0. The zero-order chi connectivity index (χ0) is 18.5. The quantitative estimate of drug-likeness (QED) is 0.429. The van der Waals surface area contributed by atoms with E-state index in [-0.39, 0.29) is 12.7 Å². The molecule has 7 heteroatoms. The molecule has 3 rings (SSSR count). The first-order valence-corrected chi connectivity index (χ1v) is 9.38. The molecule has 1 aliphatic carbocycles. The van der Waals surface area contributed by atoms with Gasteiger partial charge in [0.05, 0.1) is 0 Å². The van der Waals surface area contributed by atoms with Gasteiger partial charge in [0.1, 0.15) is 0 Å². The lowest BCUT2D eigenvalue weighted by molar-refractivity contribution is -0.116. The lowest BCUT2D eigenvalue weighted by Gasteiger charge is -2.35. The van der Waals surface area contributed by atoms with E-state index in [1.165, 1.54) is 18.9 Å². The van der Waals surface area contributed by atoms with Gasteiger partial charge in [0.25, 0.3) is 5.91 Å². The van der Waals surface area contributed by atoms with Crippen LogP contribution in [0.5, 0.6) is 11.5 Å². The van der Waals surface area contributed by atoms with Crippen LogP contribution in [0, 0.1) is 11.8 Å². The third kappa shape index (κ3) is 4.66. The molecule has 1 amide bonds. The Morgan fingerprint density at radius 2 is 2.00 bits per heavy atom. The molecule has 3 N–H and O–H groups in total. The third-order valence-electron chi connectivity index (χ3n) is 5.15. The minimum absolute atomic E-state index is 0.232. The second kappa shape index (κ2) is 8.40. The van der Waals surface area contributed by atoms with Crippen LogP contribution >= 0.6 is 12.2 Å². The molecule has 26 heavy (non-hydrogen) atoms. The van der Waals surface area contributed by atoms with E-state index >= 15 is 0 Å². The minimum Gasteiger partial charge on any atom is -0.454 e. The van der Waals surface area contributed by atoms with Crippen LogP contribution in [0.3, 0.4) is 0 Å². The monoisotopic (exact) mass is 375 g/mol. The van der Waals surface area contributed by atoms with E-state index in [2.05, 4.69) is 30.0 Å². The van der Waals surface area contributed by atoms with Crippen molar-refractivity contribution in [2.24, 2.45) is 11.8 Å². The molecule has 3 atom stereocenters. The summed E-state index contributed by atoms with van der Waals surface area (Å²) < 4.78 is 10.6. The summed E-state index contributed by atoms with van der Waals surface area (Å²) in [6.45, 7) is 4.75. The fraction of sp³-hybridized carbons (Fsp3) is 0.474. The number of amides is 1. The van der Waals surface area contributed by atoms with Gasteiger partial charge in [-0.1, -0.05) is 32.8 Å². The molecule has 1 fully saturated rings. The van der Waals surface area contributed by atoms with Crippen molar-refractivity contribution in [3.05, 3.63) is 29.8 Å². The molecule has 0 bridgehead atoms. The number of fused-ring (bicyclic) bond motifs is 1. The molecule has 0 saturated heterocycles. The van der Waals surface area contributed by atoms with Crippen LogP contribution in [0.15, 0.2) is 24.3 Å². The van der Waals surface area contributed by atoms with Gasteiger partial charge in [-0.25, -0.2) is 0 Å². The average molecular weight is 375 g/mol. The molecule has 1 heterocycles. The summed E-state index contributed by atoms with van der Waals surface area (Å²) in [6, 6.07) is 5.86. The number of benzene rings is 1. The molecule has 0 aromatic heterocycles. The summed E-state index contributed by atoms with van der Waals surface area (Å²) in [7, 11) is 0. The number of hydrogen-bond acceptors (Lipinski definition) is 4. The molecule has 140 valence electrons. The number of carbonyl (C=O) groups is 1. The third-order valence-corrected chi connectivity index (χ3v) is 5.37. The number of rotatable bonds is 3. The zero-order valence-electron chi connectivity index (χ0n) is 15.1.